The second kappa shape index (κ2) is 8.37. The first-order valence-electron chi connectivity index (χ1n) is 11.3. The number of methoxy groups -OCH3 is 1. The maximum absolute atomic E-state index is 13.7. The van der Waals surface area contributed by atoms with Gasteiger partial charge in [-0.3, -0.25) is 9.59 Å². The average Bonchev–Trinajstić information content (AvgIpc) is 3.26. The summed E-state index contributed by atoms with van der Waals surface area (Å²) in [5.41, 5.74) is 6.37. The molecule has 0 aliphatic carbocycles. The van der Waals surface area contributed by atoms with Crippen LogP contribution in [0.25, 0.3) is 10.9 Å². The summed E-state index contributed by atoms with van der Waals surface area (Å²) in [5, 5.41) is 3.99. The van der Waals surface area contributed by atoms with E-state index in [9.17, 15) is 9.59 Å². The van der Waals surface area contributed by atoms with Crippen LogP contribution >= 0.6 is 0 Å². The quantitative estimate of drug-likeness (QED) is 0.463. The van der Waals surface area contributed by atoms with Crippen LogP contribution in [0, 0.1) is 13.8 Å². The van der Waals surface area contributed by atoms with Gasteiger partial charge < -0.3 is 19.5 Å². The van der Waals surface area contributed by atoms with Gasteiger partial charge in [0.15, 0.2) is 0 Å². The highest BCUT2D eigenvalue weighted by atomic mass is 16.5. The van der Waals surface area contributed by atoms with Crippen molar-refractivity contribution in [2.45, 2.75) is 19.9 Å². The zero-order chi connectivity index (χ0) is 24.0. The Morgan fingerprint density at radius 3 is 2.35 bits per heavy atom. The SMILES string of the molecule is COc1ccc(C2c3c(n(C)c4ccccc34)C(=O)N2CC(=O)Nc2cc(C)cc(C)c2)cc1. The predicted octanol–water partition coefficient (Wildman–Crippen LogP) is 4.99. The smallest absolute Gasteiger partial charge is 0.272 e. The molecule has 2 amide bonds. The van der Waals surface area contributed by atoms with E-state index in [1.165, 1.54) is 0 Å². The van der Waals surface area contributed by atoms with Gasteiger partial charge in [0.1, 0.15) is 18.0 Å². The van der Waals surface area contributed by atoms with Crippen LogP contribution in [0.3, 0.4) is 0 Å². The molecule has 1 aliphatic heterocycles. The number of hydrogen-bond acceptors (Lipinski definition) is 3. The highest BCUT2D eigenvalue weighted by molar-refractivity contribution is 6.08. The average molecular weight is 454 g/mol. The van der Waals surface area contributed by atoms with Gasteiger partial charge in [-0.15, -0.1) is 0 Å². The van der Waals surface area contributed by atoms with E-state index in [0.717, 1.165) is 44.6 Å². The second-order valence-corrected chi connectivity index (χ2v) is 8.87. The van der Waals surface area contributed by atoms with Gasteiger partial charge in [-0.05, 0) is 60.9 Å². The Hall–Kier alpha value is -4.06. The Bertz CT molecular complexity index is 1400. The van der Waals surface area contributed by atoms with Crippen LogP contribution in [-0.2, 0) is 11.8 Å². The number of nitrogens with one attached hydrogen (secondary N) is 1. The molecule has 0 bridgehead atoms. The lowest BCUT2D eigenvalue weighted by atomic mass is 9.98. The third kappa shape index (κ3) is 3.61. The molecular weight excluding hydrogens is 426 g/mol. The maximum Gasteiger partial charge on any atom is 0.272 e. The third-order valence-electron chi connectivity index (χ3n) is 6.45. The summed E-state index contributed by atoms with van der Waals surface area (Å²) in [6.07, 6.45) is 0. The summed E-state index contributed by atoms with van der Waals surface area (Å²) in [6, 6.07) is 21.2. The van der Waals surface area contributed by atoms with Gasteiger partial charge in [0, 0.05) is 29.2 Å². The molecule has 34 heavy (non-hydrogen) atoms. The molecule has 0 saturated heterocycles. The zero-order valence-corrected chi connectivity index (χ0v) is 19.8. The van der Waals surface area contributed by atoms with Crippen LogP contribution in [0.15, 0.2) is 66.7 Å². The molecule has 1 aromatic heterocycles. The van der Waals surface area contributed by atoms with Crippen molar-refractivity contribution in [3.8, 4) is 5.75 Å². The Balaban J connectivity index is 1.55. The van der Waals surface area contributed by atoms with Gasteiger partial charge in [0.25, 0.3) is 5.91 Å². The monoisotopic (exact) mass is 453 g/mol. The lowest BCUT2D eigenvalue weighted by molar-refractivity contribution is -0.117. The van der Waals surface area contributed by atoms with Crippen molar-refractivity contribution in [3.63, 3.8) is 0 Å². The molecule has 1 aliphatic rings. The van der Waals surface area contributed by atoms with Crippen molar-refractivity contribution < 1.29 is 14.3 Å². The fourth-order valence-corrected chi connectivity index (χ4v) is 5.07. The Labute approximate surface area is 198 Å². The normalized spacial score (nSPS) is 15.0. The van der Waals surface area contributed by atoms with E-state index in [0.29, 0.717) is 5.69 Å². The third-order valence-corrected chi connectivity index (χ3v) is 6.45. The zero-order valence-electron chi connectivity index (χ0n) is 19.8. The molecule has 0 saturated carbocycles. The number of benzene rings is 3. The summed E-state index contributed by atoms with van der Waals surface area (Å²) in [5.74, 6) is 0.365. The van der Waals surface area contributed by atoms with Crippen LogP contribution in [0.5, 0.6) is 5.75 Å². The highest BCUT2D eigenvalue weighted by Gasteiger charge is 2.42. The first-order chi connectivity index (χ1) is 16.4. The molecule has 0 radical (unpaired) electrons. The van der Waals surface area contributed by atoms with Crippen LogP contribution in [0.2, 0.25) is 0 Å². The number of ether oxygens (including phenoxy) is 1. The molecular formula is C28H27N3O3. The minimum atomic E-state index is -0.371. The summed E-state index contributed by atoms with van der Waals surface area (Å²) in [4.78, 5) is 28.5. The molecule has 2 heterocycles. The van der Waals surface area contributed by atoms with Gasteiger partial charge in [-0.25, -0.2) is 0 Å². The number of aromatic nitrogens is 1. The Morgan fingerprint density at radius 2 is 1.68 bits per heavy atom. The van der Waals surface area contributed by atoms with E-state index in [1.54, 1.807) is 12.0 Å². The van der Waals surface area contributed by atoms with Crippen LogP contribution < -0.4 is 10.1 Å². The molecule has 4 aromatic rings. The van der Waals surface area contributed by atoms with E-state index >= 15 is 0 Å². The molecule has 172 valence electrons. The summed E-state index contributed by atoms with van der Waals surface area (Å²) >= 11 is 0. The number of rotatable bonds is 5. The summed E-state index contributed by atoms with van der Waals surface area (Å²) in [6.45, 7) is 3.94. The lowest BCUT2D eigenvalue weighted by Gasteiger charge is -2.26. The van der Waals surface area contributed by atoms with E-state index in [4.69, 9.17) is 4.74 Å². The second-order valence-electron chi connectivity index (χ2n) is 8.87. The van der Waals surface area contributed by atoms with E-state index in [1.807, 2.05) is 86.1 Å². The van der Waals surface area contributed by atoms with Crippen molar-refractivity contribution >= 4 is 28.4 Å². The number of anilines is 1. The topological polar surface area (TPSA) is 63.6 Å². The molecule has 1 unspecified atom stereocenters. The molecule has 5 rings (SSSR count). The summed E-state index contributed by atoms with van der Waals surface area (Å²) in [7, 11) is 3.53. The fourth-order valence-electron chi connectivity index (χ4n) is 5.07. The molecule has 3 aromatic carbocycles. The first kappa shape index (κ1) is 21.8. The van der Waals surface area contributed by atoms with Crippen LogP contribution in [0.4, 0.5) is 5.69 Å². The molecule has 0 fully saturated rings. The van der Waals surface area contributed by atoms with Crippen molar-refractivity contribution in [1.82, 2.24) is 9.47 Å². The maximum atomic E-state index is 13.7. The van der Waals surface area contributed by atoms with Crippen molar-refractivity contribution in [2.24, 2.45) is 7.05 Å². The molecule has 0 spiro atoms. The number of amides is 2. The molecule has 6 nitrogen and oxygen atoms in total. The van der Waals surface area contributed by atoms with Crippen molar-refractivity contribution in [1.29, 1.82) is 0 Å². The fraction of sp³-hybridized carbons (Fsp3) is 0.214. The number of carbonyl (C=O) groups excluding carboxylic acids is 2. The van der Waals surface area contributed by atoms with Gasteiger partial charge in [-0.2, -0.15) is 0 Å². The van der Waals surface area contributed by atoms with Gasteiger partial charge in [0.05, 0.1) is 13.2 Å². The number of nitrogens with zero attached hydrogens (tertiary/aromatic N) is 2. The summed E-state index contributed by atoms with van der Waals surface area (Å²) < 4.78 is 7.26. The van der Waals surface area contributed by atoms with Crippen LogP contribution in [-0.4, -0.2) is 34.9 Å². The number of carbonyl (C=O) groups is 2. The van der Waals surface area contributed by atoms with Crippen molar-refractivity contribution in [2.75, 3.05) is 19.0 Å². The first-order valence-corrected chi connectivity index (χ1v) is 11.3. The number of para-hydroxylation sites is 1. The van der Waals surface area contributed by atoms with Gasteiger partial charge in [0.2, 0.25) is 5.91 Å². The van der Waals surface area contributed by atoms with Gasteiger partial charge >= 0.3 is 0 Å². The van der Waals surface area contributed by atoms with E-state index < -0.39 is 0 Å². The number of aryl methyl sites for hydroxylation is 3. The van der Waals surface area contributed by atoms with E-state index in [-0.39, 0.29) is 24.4 Å². The predicted molar refractivity (Wildman–Crippen MR) is 133 cm³/mol. The Kier molecular flexibility index (Phi) is 5.36. The number of hydrogen-bond donors (Lipinski definition) is 1. The minimum Gasteiger partial charge on any atom is -0.497 e. The molecule has 1 atom stereocenters. The molecule has 6 heteroatoms. The van der Waals surface area contributed by atoms with Gasteiger partial charge in [-0.1, -0.05) is 36.4 Å². The van der Waals surface area contributed by atoms with E-state index in [2.05, 4.69) is 11.4 Å². The number of fused-ring (bicyclic) bond motifs is 3. The lowest BCUT2D eigenvalue weighted by Crippen LogP contribution is -2.37. The Morgan fingerprint density at radius 1 is 1.00 bits per heavy atom. The standard InChI is InChI=1S/C28H27N3O3/c1-17-13-18(2)15-20(14-17)29-24(32)16-31-26(19-9-11-21(34-4)12-10-19)25-22-7-5-6-8-23(22)30(3)27(25)28(31)33/h5-15,26H,16H2,1-4H3,(H,29,32). The van der Waals surface area contributed by atoms with Crippen molar-refractivity contribution in [3.05, 3.63) is 94.7 Å². The molecule has 1 N–H and O–H groups in total. The highest BCUT2D eigenvalue weighted by Crippen LogP contribution is 2.44. The minimum absolute atomic E-state index is 0.0501. The largest absolute Gasteiger partial charge is 0.497 e. The van der Waals surface area contributed by atoms with Crippen LogP contribution in [0.1, 0.15) is 38.8 Å².